The molecule has 0 radical (unpaired) electrons. The number of amides is 1. The Labute approximate surface area is 161 Å². The molecule has 1 aliphatic heterocycles. The first kappa shape index (κ1) is 18.9. The molecule has 1 aromatic carbocycles. The zero-order chi connectivity index (χ0) is 19.0. The summed E-state index contributed by atoms with van der Waals surface area (Å²) in [5.74, 6) is 0.911. The van der Waals surface area contributed by atoms with Crippen molar-refractivity contribution in [2.24, 2.45) is 23.5 Å². The van der Waals surface area contributed by atoms with Gasteiger partial charge in [0.25, 0.3) is 0 Å². The van der Waals surface area contributed by atoms with E-state index in [2.05, 4.69) is 5.32 Å². The lowest BCUT2D eigenvalue weighted by Gasteiger charge is -2.27. The van der Waals surface area contributed by atoms with Gasteiger partial charge in [-0.1, -0.05) is 18.6 Å². The Bertz CT molecular complexity index is 785. The van der Waals surface area contributed by atoms with Crippen LogP contribution in [0.25, 0.3) is 0 Å². The molecular formula is C20H29N3O3S. The van der Waals surface area contributed by atoms with Crippen molar-refractivity contribution in [2.45, 2.75) is 56.0 Å². The van der Waals surface area contributed by atoms with E-state index < -0.39 is 10.0 Å². The number of nitrogens with two attached hydrogens (primary N) is 1. The van der Waals surface area contributed by atoms with Gasteiger partial charge in [0.1, 0.15) is 0 Å². The molecule has 2 aliphatic carbocycles. The third-order valence-electron chi connectivity index (χ3n) is 6.63. The Hall–Kier alpha value is -1.44. The molecule has 4 unspecified atom stereocenters. The van der Waals surface area contributed by atoms with E-state index in [1.54, 1.807) is 28.6 Å². The lowest BCUT2D eigenvalue weighted by Crippen LogP contribution is -2.45. The summed E-state index contributed by atoms with van der Waals surface area (Å²) in [7, 11) is -3.41. The molecule has 2 saturated carbocycles. The van der Waals surface area contributed by atoms with Crippen LogP contribution in [0.2, 0.25) is 0 Å². The molecule has 3 N–H and O–H groups in total. The van der Waals surface area contributed by atoms with Crippen molar-refractivity contribution in [1.29, 1.82) is 0 Å². The summed E-state index contributed by atoms with van der Waals surface area (Å²) in [4.78, 5) is 12.9. The molecule has 1 heterocycles. The third kappa shape index (κ3) is 3.65. The number of carbonyl (C=O) groups is 1. The predicted molar refractivity (Wildman–Crippen MR) is 103 cm³/mol. The molecule has 6 nitrogen and oxygen atoms in total. The van der Waals surface area contributed by atoms with E-state index in [1.165, 1.54) is 0 Å². The van der Waals surface area contributed by atoms with Crippen molar-refractivity contribution in [1.82, 2.24) is 9.62 Å². The molecule has 148 valence electrons. The Morgan fingerprint density at radius 3 is 2.37 bits per heavy atom. The van der Waals surface area contributed by atoms with Crippen molar-refractivity contribution in [2.75, 3.05) is 13.1 Å². The number of nitrogens with zero attached hydrogens (tertiary/aromatic N) is 1. The fourth-order valence-electron chi connectivity index (χ4n) is 5.07. The second-order valence-electron chi connectivity index (χ2n) is 8.26. The van der Waals surface area contributed by atoms with E-state index in [9.17, 15) is 13.2 Å². The molecule has 4 rings (SSSR count). The molecule has 0 spiro atoms. The van der Waals surface area contributed by atoms with E-state index in [-0.39, 0.29) is 17.9 Å². The number of fused-ring (bicyclic) bond motifs is 2. The van der Waals surface area contributed by atoms with Gasteiger partial charge in [-0.05, 0) is 61.6 Å². The molecule has 2 bridgehead atoms. The number of piperidine rings is 1. The Morgan fingerprint density at radius 2 is 1.74 bits per heavy atom. The van der Waals surface area contributed by atoms with Crippen LogP contribution in [0.15, 0.2) is 29.2 Å². The van der Waals surface area contributed by atoms with Gasteiger partial charge in [-0.25, -0.2) is 8.42 Å². The van der Waals surface area contributed by atoms with E-state index >= 15 is 0 Å². The highest BCUT2D eigenvalue weighted by atomic mass is 32.2. The molecule has 27 heavy (non-hydrogen) atoms. The summed E-state index contributed by atoms with van der Waals surface area (Å²) in [6.07, 6.45) is 6.30. The van der Waals surface area contributed by atoms with Crippen molar-refractivity contribution in [3.63, 3.8) is 0 Å². The van der Waals surface area contributed by atoms with Crippen molar-refractivity contribution in [3.8, 4) is 0 Å². The topological polar surface area (TPSA) is 92.5 Å². The quantitative estimate of drug-likeness (QED) is 0.801. The van der Waals surface area contributed by atoms with Gasteiger partial charge >= 0.3 is 0 Å². The molecule has 1 amide bonds. The first-order valence-electron chi connectivity index (χ1n) is 10.1. The van der Waals surface area contributed by atoms with Crippen LogP contribution in [0.1, 0.15) is 44.1 Å². The maximum atomic E-state index is 12.7. The zero-order valence-corrected chi connectivity index (χ0v) is 16.5. The fraction of sp³-hybridized carbons (Fsp3) is 0.650. The molecule has 4 atom stereocenters. The average molecular weight is 392 g/mol. The highest BCUT2D eigenvalue weighted by Crippen LogP contribution is 2.47. The van der Waals surface area contributed by atoms with Gasteiger partial charge in [-0.15, -0.1) is 0 Å². The van der Waals surface area contributed by atoms with Crippen LogP contribution in [0.3, 0.4) is 0 Å². The minimum absolute atomic E-state index is 0.0131. The van der Waals surface area contributed by atoms with Crippen LogP contribution in [0.4, 0.5) is 0 Å². The van der Waals surface area contributed by atoms with Gasteiger partial charge in [0.15, 0.2) is 0 Å². The molecule has 1 saturated heterocycles. The Kier molecular flexibility index (Phi) is 5.27. The van der Waals surface area contributed by atoms with Gasteiger partial charge in [0.05, 0.1) is 10.8 Å². The summed E-state index contributed by atoms with van der Waals surface area (Å²) in [6, 6.07) is 6.86. The van der Waals surface area contributed by atoms with Gasteiger partial charge < -0.3 is 11.1 Å². The number of benzene rings is 1. The van der Waals surface area contributed by atoms with Crippen molar-refractivity contribution < 1.29 is 13.2 Å². The van der Waals surface area contributed by atoms with Gasteiger partial charge in [0, 0.05) is 25.7 Å². The lowest BCUT2D eigenvalue weighted by atomic mass is 9.84. The second kappa shape index (κ2) is 7.53. The average Bonchev–Trinajstić information content (AvgIpc) is 3.28. The maximum absolute atomic E-state index is 12.7. The molecule has 7 heteroatoms. The molecule has 3 aliphatic rings. The number of carbonyl (C=O) groups excluding carboxylic acids is 1. The molecular weight excluding hydrogens is 362 g/mol. The van der Waals surface area contributed by atoms with Crippen LogP contribution in [-0.2, 0) is 21.4 Å². The van der Waals surface area contributed by atoms with Crippen LogP contribution in [0, 0.1) is 17.8 Å². The number of hydrogen-bond acceptors (Lipinski definition) is 4. The van der Waals surface area contributed by atoms with Crippen LogP contribution >= 0.6 is 0 Å². The Morgan fingerprint density at radius 1 is 1.07 bits per heavy atom. The third-order valence-corrected chi connectivity index (χ3v) is 8.54. The normalized spacial score (nSPS) is 31.1. The van der Waals surface area contributed by atoms with E-state index in [1.807, 2.05) is 0 Å². The SMILES string of the molecule is NC1C2CCC(C2)C1C(=O)NCc1ccc(S(=O)(=O)N2CCCCC2)cc1. The predicted octanol–water partition coefficient (Wildman–Crippen LogP) is 1.85. The number of nitrogens with one attached hydrogen (secondary N) is 1. The van der Waals surface area contributed by atoms with Crippen LogP contribution in [-0.4, -0.2) is 37.8 Å². The zero-order valence-electron chi connectivity index (χ0n) is 15.6. The Balaban J connectivity index is 1.36. The minimum Gasteiger partial charge on any atom is -0.352 e. The van der Waals surface area contributed by atoms with E-state index in [0.717, 1.165) is 44.1 Å². The second-order valence-corrected chi connectivity index (χ2v) is 10.2. The smallest absolute Gasteiger partial charge is 0.243 e. The first-order valence-corrected chi connectivity index (χ1v) is 11.5. The standard InChI is InChI=1S/C20H29N3O3S/c21-19-16-7-6-15(12-16)18(19)20(24)22-13-14-4-8-17(9-5-14)27(25,26)23-10-2-1-3-11-23/h4-5,8-9,15-16,18-19H,1-3,6-7,10-13,21H2,(H,22,24). The molecule has 3 fully saturated rings. The van der Waals surface area contributed by atoms with Crippen LogP contribution < -0.4 is 11.1 Å². The monoisotopic (exact) mass is 391 g/mol. The van der Waals surface area contributed by atoms with Crippen molar-refractivity contribution >= 4 is 15.9 Å². The summed E-state index contributed by atoms with van der Waals surface area (Å²) in [5.41, 5.74) is 7.14. The largest absolute Gasteiger partial charge is 0.352 e. The van der Waals surface area contributed by atoms with E-state index in [4.69, 9.17) is 5.73 Å². The van der Waals surface area contributed by atoms with Gasteiger partial charge in [0.2, 0.25) is 15.9 Å². The summed E-state index contributed by atoms with van der Waals surface area (Å²) < 4.78 is 27.0. The highest BCUT2D eigenvalue weighted by molar-refractivity contribution is 7.89. The number of sulfonamides is 1. The first-order chi connectivity index (χ1) is 13.0. The lowest BCUT2D eigenvalue weighted by molar-refractivity contribution is -0.127. The molecule has 1 aromatic rings. The van der Waals surface area contributed by atoms with Crippen molar-refractivity contribution in [3.05, 3.63) is 29.8 Å². The summed E-state index contributed by atoms with van der Waals surface area (Å²) in [5, 5.41) is 3.00. The van der Waals surface area contributed by atoms with Gasteiger partial charge in [-0.3, -0.25) is 4.79 Å². The van der Waals surface area contributed by atoms with E-state index in [0.29, 0.717) is 36.4 Å². The summed E-state index contributed by atoms with van der Waals surface area (Å²) >= 11 is 0. The maximum Gasteiger partial charge on any atom is 0.243 e. The summed E-state index contributed by atoms with van der Waals surface area (Å²) in [6.45, 7) is 1.61. The minimum atomic E-state index is -3.41. The number of rotatable bonds is 5. The number of hydrogen-bond donors (Lipinski definition) is 2. The van der Waals surface area contributed by atoms with Gasteiger partial charge in [-0.2, -0.15) is 4.31 Å². The van der Waals surface area contributed by atoms with Crippen LogP contribution in [0.5, 0.6) is 0 Å². The molecule has 0 aromatic heterocycles. The fourth-order valence-corrected chi connectivity index (χ4v) is 6.58. The highest BCUT2D eigenvalue weighted by Gasteiger charge is 2.48.